The van der Waals surface area contributed by atoms with Crippen LogP contribution in [0.4, 0.5) is 0 Å². The summed E-state index contributed by atoms with van der Waals surface area (Å²) in [5.41, 5.74) is 3.04. The molecule has 19 heavy (non-hydrogen) atoms. The summed E-state index contributed by atoms with van der Waals surface area (Å²) in [7, 11) is 0. The lowest BCUT2D eigenvalue weighted by atomic mass is 10.2. The van der Waals surface area contributed by atoms with Crippen molar-refractivity contribution in [1.29, 1.82) is 0 Å². The van der Waals surface area contributed by atoms with Crippen molar-refractivity contribution < 1.29 is 0 Å². The number of fused-ring (bicyclic) bond motifs is 1. The molecule has 5 heteroatoms. The predicted molar refractivity (Wildman–Crippen MR) is 74.0 cm³/mol. The summed E-state index contributed by atoms with van der Waals surface area (Å²) >= 11 is 0. The zero-order valence-corrected chi connectivity index (χ0v) is 10.7. The van der Waals surface area contributed by atoms with E-state index < -0.39 is 0 Å². The molecule has 3 aromatic rings. The van der Waals surface area contributed by atoms with Gasteiger partial charge in [0.1, 0.15) is 0 Å². The number of nitrogens with zero attached hydrogens (tertiary/aromatic N) is 4. The highest BCUT2D eigenvalue weighted by Crippen LogP contribution is 2.17. The molecule has 0 radical (unpaired) electrons. The lowest BCUT2D eigenvalue weighted by Gasteiger charge is -2.07. The maximum absolute atomic E-state index is 4.32. The average Bonchev–Trinajstić information content (AvgIpc) is 2.93. The Kier molecular flexibility index (Phi) is 3.20. The minimum atomic E-state index is 0.759. The van der Waals surface area contributed by atoms with E-state index >= 15 is 0 Å². The third-order valence-corrected chi connectivity index (χ3v) is 3.01. The van der Waals surface area contributed by atoms with Gasteiger partial charge < -0.3 is 5.32 Å². The van der Waals surface area contributed by atoms with Crippen molar-refractivity contribution in [2.24, 2.45) is 0 Å². The van der Waals surface area contributed by atoms with Gasteiger partial charge in [0.25, 0.3) is 0 Å². The highest BCUT2D eigenvalue weighted by molar-refractivity contribution is 5.80. The molecule has 0 bridgehead atoms. The zero-order chi connectivity index (χ0) is 13.1. The molecule has 0 amide bonds. The third-order valence-electron chi connectivity index (χ3n) is 3.01. The van der Waals surface area contributed by atoms with Crippen LogP contribution in [0.1, 0.15) is 12.6 Å². The molecular weight excluding hydrogens is 238 g/mol. The molecule has 1 N–H and O–H groups in total. The Hall–Kier alpha value is -2.27. The summed E-state index contributed by atoms with van der Waals surface area (Å²) in [6.45, 7) is 3.76. The van der Waals surface area contributed by atoms with Crippen molar-refractivity contribution >= 4 is 10.9 Å². The summed E-state index contributed by atoms with van der Waals surface area (Å²) in [6.07, 6.45) is 3.59. The number of benzene rings is 1. The number of hydrogen-bond acceptors (Lipinski definition) is 4. The van der Waals surface area contributed by atoms with Gasteiger partial charge in [0, 0.05) is 18.1 Å². The van der Waals surface area contributed by atoms with Gasteiger partial charge in [-0.05, 0) is 30.8 Å². The molecule has 0 aliphatic rings. The van der Waals surface area contributed by atoms with Gasteiger partial charge in [-0.2, -0.15) is 0 Å². The molecule has 0 saturated carbocycles. The van der Waals surface area contributed by atoms with E-state index in [1.807, 2.05) is 28.9 Å². The van der Waals surface area contributed by atoms with Gasteiger partial charge in [0.2, 0.25) is 0 Å². The fraction of sp³-hybridized carbons (Fsp3) is 0.214. The Bertz CT molecular complexity index is 689. The van der Waals surface area contributed by atoms with Crippen LogP contribution in [0.2, 0.25) is 0 Å². The van der Waals surface area contributed by atoms with Crippen molar-refractivity contribution in [3.8, 4) is 5.69 Å². The largest absolute Gasteiger partial charge is 0.311 e. The van der Waals surface area contributed by atoms with Crippen molar-refractivity contribution in [2.45, 2.75) is 13.5 Å². The van der Waals surface area contributed by atoms with Crippen LogP contribution < -0.4 is 5.32 Å². The Labute approximate surface area is 111 Å². The first-order chi connectivity index (χ1) is 9.38. The first-order valence-corrected chi connectivity index (χ1v) is 6.34. The highest BCUT2D eigenvalue weighted by Gasteiger charge is 2.06. The van der Waals surface area contributed by atoms with E-state index in [4.69, 9.17) is 0 Å². The normalized spacial score (nSPS) is 11.0. The van der Waals surface area contributed by atoms with Crippen LogP contribution in [0.15, 0.2) is 42.7 Å². The fourth-order valence-electron chi connectivity index (χ4n) is 2.04. The van der Waals surface area contributed by atoms with E-state index in [1.165, 1.54) is 0 Å². The number of aromatic nitrogens is 4. The third kappa shape index (κ3) is 2.32. The second kappa shape index (κ2) is 5.16. The maximum Gasteiger partial charge on any atom is 0.0783 e. The SMILES string of the molecule is CCNCc1cnnn1-c1ccc2ncccc2c1. The van der Waals surface area contributed by atoms with Crippen molar-refractivity contribution in [2.75, 3.05) is 6.54 Å². The van der Waals surface area contributed by atoms with Crippen LogP contribution in [0.25, 0.3) is 16.6 Å². The smallest absolute Gasteiger partial charge is 0.0783 e. The van der Waals surface area contributed by atoms with E-state index in [0.717, 1.165) is 35.4 Å². The van der Waals surface area contributed by atoms with Crippen LogP contribution in [0, 0.1) is 0 Å². The topological polar surface area (TPSA) is 55.6 Å². The Morgan fingerprint density at radius 2 is 2.21 bits per heavy atom. The van der Waals surface area contributed by atoms with Gasteiger partial charge in [-0.15, -0.1) is 5.10 Å². The van der Waals surface area contributed by atoms with E-state index in [-0.39, 0.29) is 0 Å². The lowest BCUT2D eigenvalue weighted by Crippen LogP contribution is -2.15. The summed E-state index contributed by atoms with van der Waals surface area (Å²) in [5.74, 6) is 0. The molecule has 0 saturated heterocycles. The number of pyridine rings is 1. The van der Waals surface area contributed by atoms with E-state index in [9.17, 15) is 0 Å². The fourth-order valence-corrected chi connectivity index (χ4v) is 2.04. The van der Waals surface area contributed by atoms with E-state index in [1.54, 1.807) is 12.4 Å². The molecule has 0 unspecified atom stereocenters. The summed E-state index contributed by atoms with van der Waals surface area (Å²) < 4.78 is 1.86. The van der Waals surface area contributed by atoms with E-state index in [0.29, 0.717) is 0 Å². The molecule has 3 rings (SSSR count). The minimum Gasteiger partial charge on any atom is -0.311 e. The standard InChI is InChI=1S/C14H15N5/c1-2-15-9-13-10-17-18-19(13)12-5-6-14-11(8-12)4-3-7-16-14/h3-8,10,15H,2,9H2,1H3. The van der Waals surface area contributed by atoms with Gasteiger partial charge in [-0.3, -0.25) is 4.98 Å². The average molecular weight is 253 g/mol. The minimum absolute atomic E-state index is 0.759. The van der Waals surface area contributed by atoms with Gasteiger partial charge >= 0.3 is 0 Å². The van der Waals surface area contributed by atoms with Gasteiger partial charge in [0.05, 0.1) is 23.1 Å². The molecule has 0 atom stereocenters. The quantitative estimate of drug-likeness (QED) is 0.772. The zero-order valence-electron chi connectivity index (χ0n) is 10.7. The summed E-state index contributed by atoms with van der Waals surface area (Å²) in [4.78, 5) is 4.32. The maximum atomic E-state index is 4.32. The number of nitrogens with one attached hydrogen (secondary N) is 1. The molecular formula is C14H15N5. The molecule has 0 aliphatic heterocycles. The lowest BCUT2D eigenvalue weighted by molar-refractivity contribution is 0.673. The molecule has 96 valence electrons. The van der Waals surface area contributed by atoms with E-state index in [2.05, 4.69) is 33.6 Å². The van der Waals surface area contributed by atoms with Crippen LogP contribution in [0.3, 0.4) is 0 Å². The second-order valence-corrected chi connectivity index (χ2v) is 4.30. The first kappa shape index (κ1) is 11.8. The molecule has 0 aliphatic carbocycles. The Morgan fingerprint density at radius 1 is 1.26 bits per heavy atom. The Balaban J connectivity index is 2.01. The molecule has 0 fully saturated rings. The van der Waals surface area contributed by atoms with Crippen molar-refractivity contribution in [3.63, 3.8) is 0 Å². The monoisotopic (exact) mass is 253 g/mol. The van der Waals surface area contributed by atoms with Crippen molar-refractivity contribution in [1.82, 2.24) is 25.3 Å². The molecule has 5 nitrogen and oxygen atoms in total. The van der Waals surface area contributed by atoms with Gasteiger partial charge in [0.15, 0.2) is 0 Å². The second-order valence-electron chi connectivity index (χ2n) is 4.30. The molecule has 2 aromatic heterocycles. The highest BCUT2D eigenvalue weighted by atomic mass is 15.4. The Morgan fingerprint density at radius 3 is 3.11 bits per heavy atom. The summed E-state index contributed by atoms with van der Waals surface area (Å²) in [5, 5.41) is 12.5. The molecule has 0 spiro atoms. The van der Waals surface area contributed by atoms with Crippen LogP contribution in [-0.4, -0.2) is 26.5 Å². The van der Waals surface area contributed by atoms with Gasteiger partial charge in [-0.25, -0.2) is 4.68 Å². The molecule has 2 heterocycles. The van der Waals surface area contributed by atoms with Gasteiger partial charge in [-0.1, -0.05) is 18.2 Å². The predicted octanol–water partition coefficient (Wildman–Crippen LogP) is 1.92. The first-order valence-electron chi connectivity index (χ1n) is 6.34. The van der Waals surface area contributed by atoms with Crippen LogP contribution in [0.5, 0.6) is 0 Å². The van der Waals surface area contributed by atoms with Crippen LogP contribution >= 0.6 is 0 Å². The van der Waals surface area contributed by atoms with Crippen LogP contribution in [-0.2, 0) is 6.54 Å². The number of rotatable bonds is 4. The summed E-state index contributed by atoms with van der Waals surface area (Å²) in [6, 6.07) is 10.1. The van der Waals surface area contributed by atoms with Crippen molar-refractivity contribution in [3.05, 3.63) is 48.4 Å². The number of hydrogen-bond donors (Lipinski definition) is 1. The molecule has 1 aromatic carbocycles.